The van der Waals surface area contributed by atoms with E-state index < -0.39 is 0 Å². The predicted octanol–water partition coefficient (Wildman–Crippen LogP) is 7.67. The zero-order valence-electron chi connectivity index (χ0n) is 17.4. The smallest absolute Gasteiger partial charge is 0.131 e. The number of benzene rings is 3. The normalized spacial score (nSPS) is 10.8. The highest BCUT2D eigenvalue weighted by Crippen LogP contribution is 2.38. The number of hydrogen-bond acceptors (Lipinski definition) is 1. The summed E-state index contributed by atoms with van der Waals surface area (Å²) in [6.45, 7) is 12.6. The summed E-state index contributed by atoms with van der Waals surface area (Å²) in [6.07, 6.45) is 0. The van der Waals surface area contributed by atoms with Gasteiger partial charge in [0.1, 0.15) is 5.76 Å². The van der Waals surface area contributed by atoms with Crippen LogP contribution in [0.3, 0.4) is 0 Å². The molecule has 0 saturated heterocycles. The highest BCUT2D eigenvalue weighted by Gasteiger charge is 2.21. The average Bonchev–Trinajstić information content (AvgIpc) is 2.58. The summed E-state index contributed by atoms with van der Waals surface area (Å²) in [5, 5.41) is 12.1. The van der Waals surface area contributed by atoms with E-state index in [0.717, 1.165) is 44.5 Å². The molecule has 144 valence electrons. The first-order valence-electron chi connectivity index (χ1n) is 9.54. The van der Waals surface area contributed by atoms with E-state index >= 15 is 0 Å². The van der Waals surface area contributed by atoms with Crippen LogP contribution in [0.4, 0.5) is 0 Å². The monoisotopic (exact) mass is 390 g/mol. The molecule has 0 bridgehead atoms. The first kappa shape index (κ1) is 20.2. The molecule has 2 heteroatoms. The molecule has 0 amide bonds. The molecule has 0 fully saturated rings. The lowest BCUT2D eigenvalue weighted by Gasteiger charge is -2.21. The topological polar surface area (TPSA) is 20.2 Å². The Balaban J connectivity index is 2.45. The maximum absolute atomic E-state index is 11.5. The van der Waals surface area contributed by atoms with Gasteiger partial charge in [-0.05, 0) is 87.1 Å². The predicted molar refractivity (Wildman–Crippen MR) is 121 cm³/mol. The van der Waals surface area contributed by atoms with E-state index in [1.54, 1.807) is 0 Å². The Morgan fingerprint density at radius 1 is 0.679 bits per heavy atom. The maximum Gasteiger partial charge on any atom is 0.131 e. The summed E-state index contributed by atoms with van der Waals surface area (Å²) >= 11 is 6.22. The van der Waals surface area contributed by atoms with Crippen molar-refractivity contribution in [1.29, 1.82) is 0 Å². The van der Waals surface area contributed by atoms with Gasteiger partial charge in [0, 0.05) is 16.2 Å². The van der Waals surface area contributed by atoms with Gasteiger partial charge in [-0.25, -0.2) is 0 Å². The fourth-order valence-electron chi connectivity index (χ4n) is 4.29. The Morgan fingerprint density at radius 2 is 1.11 bits per heavy atom. The average molecular weight is 391 g/mol. The molecular weight excluding hydrogens is 364 g/mol. The summed E-state index contributed by atoms with van der Waals surface area (Å²) in [5.74, 6) is 0.257. The molecule has 28 heavy (non-hydrogen) atoms. The lowest BCUT2D eigenvalue weighted by Crippen LogP contribution is -2.04. The Kier molecular flexibility index (Phi) is 5.67. The van der Waals surface area contributed by atoms with Crippen LogP contribution in [0.15, 0.2) is 48.5 Å². The number of halogens is 1. The van der Waals surface area contributed by atoms with Crippen LogP contribution in [0.25, 0.3) is 11.3 Å². The molecule has 0 atom stereocenters. The van der Waals surface area contributed by atoms with E-state index in [9.17, 15) is 5.11 Å². The molecule has 0 heterocycles. The Hall–Kier alpha value is -2.51. The minimum atomic E-state index is 0.257. The molecule has 0 unspecified atom stereocenters. The third-order valence-corrected chi connectivity index (χ3v) is 5.42. The first-order valence-corrected chi connectivity index (χ1v) is 9.92. The third-order valence-electron chi connectivity index (χ3n) is 5.19. The largest absolute Gasteiger partial charge is 0.507 e. The second-order valence-corrected chi connectivity index (χ2v) is 8.22. The quantitative estimate of drug-likeness (QED) is 0.359. The van der Waals surface area contributed by atoms with Crippen LogP contribution >= 0.6 is 11.6 Å². The molecule has 1 N–H and O–H groups in total. The van der Waals surface area contributed by atoms with Crippen LogP contribution in [-0.2, 0) is 0 Å². The van der Waals surface area contributed by atoms with Gasteiger partial charge in [-0.1, -0.05) is 59.1 Å². The fraction of sp³-hybridized carbons (Fsp3) is 0.231. The van der Waals surface area contributed by atoms with Crippen LogP contribution in [0, 0.1) is 41.5 Å². The molecular formula is C26H27ClO. The lowest BCUT2D eigenvalue weighted by atomic mass is 9.83. The van der Waals surface area contributed by atoms with Gasteiger partial charge < -0.3 is 5.11 Å². The van der Waals surface area contributed by atoms with Crippen LogP contribution in [-0.4, -0.2) is 5.11 Å². The van der Waals surface area contributed by atoms with Gasteiger partial charge in [0.05, 0.1) is 0 Å². The summed E-state index contributed by atoms with van der Waals surface area (Å²) in [5.41, 5.74) is 10.8. The molecule has 0 aromatic heterocycles. The van der Waals surface area contributed by atoms with Gasteiger partial charge in [-0.3, -0.25) is 0 Å². The van der Waals surface area contributed by atoms with Crippen LogP contribution in [0.2, 0.25) is 5.02 Å². The van der Waals surface area contributed by atoms with Crippen molar-refractivity contribution < 1.29 is 5.11 Å². The SMILES string of the molecule is Cc1cc(C)c(C(=C(O)c2cccc(Cl)c2)c2c(C)cc(C)cc2C)c(C)c1. The highest BCUT2D eigenvalue weighted by molar-refractivity contribution is 6.30. The number of rotatable bonds is 3. The molecule has 0 saturated carbocycles. The molecule has 0 aliphatic carbocycles. The molecule has 0 aliphatic heterocycles. The van der Waals surface area contributed by atoms with Crippen LogP contribution < -0.4 is 0 Å². The summed E-state index contributed by atoms with van der Waals surface area (Å²) in [7, 11) is 0. The Labute approximate surface area is 173 Å². The van der Waals surface area contributed by atoms with Crippen molar-refractivity contribution in [3.05, 3.63) is 104 Å². The zero-order valence-corrected chi connectivity index (χ0v) is 18.2. The minimum absolute atomic E-state index is 0.257. The van der Waals surface area contributed by atoms with Crippen molar-refractivity contribution in [1.82, 2.24) is 0 Å². The number of aliphatic hydroxyl groups is 1. The van der Waals surface area contributed by atoms with Crippen molar-refractivity contribution in [2.45, 2.75) is 41.5 Å². The maximum atomic E-state index is 11.5. The highest BCUT2D eigenvalue weighted by atomic mass is 35.5. The van der Waals surface area contributed by atoms with Gasteiger partial charge in [0.2, 0.25) is 0 Å². The van der Waals surface area contributed by atoms with Crippen molar-refractivity contribution in [2.75, 3.05) is 0 Å². The standard InChI is InChI=1S/C26H27ClO/c1-15-10-17(3)23(18(4)11-15)25(24-19(5)12-16(2)13-20(24)6)26(28)21-8-7-9-22(27)14-21/h7-14,28H,1-6H3. The summed E-state index contributed by atoms with van der Waals surface area (Å²) in [6, 6.07) is 16.1. The Morgan fingerprint density at radius 3 is 1.50 bits per heavy atom. The van der Waals surface area contributed by atoms with Gasteiger partial charge >= 0.3 is 0 Å². The summed E-state index contributed by atoms with van der Waals surface area (Å²) in [4.78, 5) is 0. The molecule has 0 spiro atoms. The molecule has 1 nitrogen and oxygen atoms in total. The van der Waals surface area contributed by atoms with E-state index in [4.69, 9.17) is 11.6 Å². The third kappa shape index (κ3) is 3.86. The van der Waals surface area contributed by atoms with E-state index in [1.807, 2.05) is 24.3 Å². The van der Waals surface area contributed by atoms with E-state index in [1.165, 1.54) is 11.1 Å². The van der Waals surface area contributed by atoms with Crippen molar-refractivity contribution in [3.63, 3.8) is 0 Å². The number of aliphatic hydroxyl groups excluding tert-OH is 1. The molecule has 3 aromatic rings. The fourth-order valence-corrected chi connectivity index (χ4v) is 4.48. The van der Waals surface area contributed by atoms with Crippen molar-refractivity contribution in [2.24, 2.45) is 0 Å². The van der Waals surface area contributed by atoms with Crippen LogP contribution in [0.5, 0.6) is 0 Å². The number of hydrogen-bond donors (Lipinski definition) is 1. The zero-order chi connectivity index (χ0) is 20.6. The van der Waals surface area contributed by atoms with Gasteiger partial charge in [-0.15, -0.1) is 0 Å². The lowest BCUT2D eigenvalue weighted by molar-refractivity contribution is 0.513. The molecule has 3 aromatic carbocycles. The first-order chi connectivity index (χ1) is 13.2. The minimum Gasteiger partial charge on any atom is -0.507 e. The molecule has 0 aliphatic rings. The summed E-state index contributed by atoms with van der Waals surface area (Å²) < 4.78 is 0. The van der Waals surface area contributed by atoms with Gasteiger partial charge in [0.25, 0.3) is 0 Å². The second-order valence-electron chi connectivity index (χ2n) is 7.78. The van der Waals surface area contributed by atoms with Crippen LogP contribution in [0.1, 0.15) is 50.1 Å². The molecule has 0 radical (unpaired) electrons. The van der Waals surface area contributed by atoms with E-state index in [-0.39, 0.29) is 5.76 Å². The van der Waals surface area contributed by atoms with E-state index in [0.29, 0.717) is 5.02 Å². The van der Waals surface area contributed by atoms with E-state index in [2.05, 4.69) is 65.8 Å². The number of aryl methyl sites for hydroxylation is 6. The molecule has 3 rings (SSSR count). The van der Waals surface area contributed by atoms with Crippen molar-refractivity contribution in [3.8, 4) is 0 Å². The van der Waals surface area contributed by atoms with Crippen molar-refractivity contribution >= 4 is 22.9 Å². The van der Waals surface area contributed by atoms with Gasteiger partial charge in [0.15, 0.2) is 0 Å². The van der Waals surface area contributed by atoms with Gasteiger partial charge in [-0.2, -0.15) is 0 Å². The Bertz CT molecular complexity index is 984. The second kappa shape index (κ2) is 7.85.